The highest BCUT2D eigenvalue weighted by Gasteiger charge is 2.05. The van der Waals surface area contributed by atoms with Crippen LogP contribution in [0.3, 0.4) is 0 Å². The predicted octanol–water partition coefficient (Wildman–Crippen LogP) is 2.33. The molecule has 0 amide bonds. The minimum Gasteiger partial charge on any atom is -0.481 e. The first-order valence-electron chi connectivity index (χ1n) is 5.52. The van der Waals surface area contributed by atoms with Crippen LogP contribution < -0.4 is 9.47 Å². The number of hydrogen-bond donors (Lipinski definition) is 1. The van der Waals surface area contributed by atoms with Gasteiger partial charge in [0.15, 0.2) is 0 Å². The molecule has 0 aliphatic rings. The molecule has 0 radical (unpaired) electrons. The van der Waals surface area contributed by atoms with Crippen molar-refractivity contribution >= 4 is 0 Å². The van der Waals surface area contributed by atoms with Crippen molar-refractivity contribution in [1.29, 1.82) is 0 Å². The molecule has 0 fully saturated rings. The van der Waals surface area contributed by atoms with Crippen molar-refractivity contribution in [1.82, 2.24) is 9.97 Å². The number of nitrogens with zero attached hydrogens (tertiary/aromatic N) is 2. The summed E-state index contributed by atoms with van der Waals surface area (Å²) in [4.78, 5) is 8.02. The van der Waals surface area contributed by atoms with Gasteiger partial charge in [-0.05, 0) is 24.6 Å². The molecule has 18 heavy (non-hydrogen) atoms. The largest absolute Gasteiger partial charge is 0.481 e. The van der Waals surface area contributed by atoms with E-state index in [2.05, 4.69) is 9.97 Å². The van der Waals surface area contributed by atoms with Crippen molar-refractivity contribution in [2.24, 2.45) is 0 Å². The van der Waals surface area contributed by atoms with Crippen molar-refractivity contribution in [3.8, 4) is 17.6 Å². The minimum atomic E-state index is -0.542. The third kappa shape index (κ3) is 2.95. The van der Waals surface area contributed by atoms with Crippen LogP contribution in [-0.2, 0) is 0 Å². The molecule has 1 aromatic heterocycles. The topological polar surface area (TPSA) is 64.5 Å². The van der Waals surface area contributed by atoms with Gasteiger partial charge in [0.05, 0.1) is 13.2 Å². The van der Waals surface area contributed by atoms with Gasteiger partial charge in [-0.15, -0.1) is 0 Å². The molecule has 1 atom stereocenters. The fourth-order valence-corrected chi connectivity index (χ4v) is 1.43. The van der Waals surface area contributed by atoms with E-state index in [9.17, 15) is 5.11 Å². The Morgan fingerprint density at radius 3 is 2.83 bits per heavy atom. The first-order valence-corrected chi connectivity index (χ1v) is 5.52. The van der Waals surface area contributed by atoms with Crippen LogP contribution in [0.5, 0.6) is 17.6 Å². The summed E-state index contributed by atoms with van der Waals surface area (Å²) in [6, 6.07) is 8.99. The standard InChI is InChI=1S/C13H14N2O3/c1-9(16)10-4-3-5-11(8-10)18-13-14-7-6-12(15-13)17-2/h3-9,16H,1-2H3/t9-/m1/s1. The van der Waals surface area contributed by atoms with E-state index in [1.165, 1.54) is 7.11 Å². The number of benzene rings is 1. The Morgan fingerprint density at radius 1 is 1.28 bits per heavy atom. The summed E-state index contributed by atoms with van der Waals surface area (Å²) in [5, 5.41) is 9.49. The van der Waals surface area contributed by atoms with Gasteiger partial charge in [-0.1, -0.05) is 12.1 Å². The van der Waals surface area contributed by atoms with Crippen molar-refractivity contribution in [2.45, 2.75) is 13.0 Å². The number of ether oxygens (including phenoxy) is 2. The van der Waals surface area contributed by atoms with Gasteiger partial charge >= 0.3 is 6.01 Å². The molecule has 0 unspecified atom stereocenters. The van der Waals surface area contributed by atoms with Gasteiger partial charge in [0.1, 0.15) is 5.75 Å². The average molecular weight is 246 g/mol. The first-order chi connectivity index (χ1) is 8.69. The van der Waals surface area contributed by atoms with Crippen molar-refractivity contribution in [3.05, 3.63) is 42.1 Å². The van der Waals surface area contributed by atoms with E-state index in [0.29, 0.717) is 11.6 Å². The van der Waals surface area contributed by atoms with E-state index in [1.807, 2.05) is 6.07 Å². The minimum absolute atomic E-state index is 0.206. The maximum atomic E-state index is 9.49. The lowest BCUT2D eigenvalue weighted by Crippen LogP contribution is -1.96. The number of aliphatic hydroxyl groups excluding tert-OH is 1. The SMILES string of the molecule is COc1ccnc(Oc2cccc([C@@H](C)O)c2)n1. The molecule has 0 saturated heterocycles. The van der Waals surface area contributed by atoms with Crippen LogP contribution in [0.4, 0.5) is 0 Å². The second-order valence-corrected chi connectivity index (χ2v) is 3.73. The number of hydrogen-bond acceptors (Lipinski definition) is 5. The fourth-order valence-electron chi connectivity index (χ4n) is 1.43. The van der Waals surface area contributed by atoms with E-state index in [1.54, 1.807) is 37.4 Å². The molecule has 5 nitrogen and oxygen atoms in total. The zero-order chi connectivity index (χ0) is 13.0. The Balaban J connectivity index is 2.20. The smallest absolute Gasteiger partial charge is 0.325 e. The molecule has 5 heteroatoms. The average Bonchev–Trinajstić information content (AvgIpc) is 2.39. The predicted molar refractivity (Wildman–Crippen MR) is 65.7 cm³/mol. The lowest BCUT2D eigenvalue weighted by molar-refractivity contribution is 0.199. The maximum Gasteiger partial charge on any atom is 0.325 e. The highest BCUT2D eigenvalue weighted by atomic mass is 16.5. The number of rotatable bonds is 4. The molecule has 1 N–H and O–H groups in total. The molecule has 1 aromatic carbocycles. The molecule has 2 rings (SSSR count). The molecule has 0 spiro atoms. The summed E-state index contributed by atoms with van der Waals surface area (Å²) in [6.45, 7) is 1.70. The fraction of sp³-hybridized carbons (Fsp3) is 0.231. The number of aliphatic hydroxyl groups is 1. The number of aromatic nitrogens is 2. The van der Waals surface area contributed by atoms with Crippen molar-refractivity contribution in [3.63, 3.8) is 0 Å². The lowest BCUT2D eigenvalue weighted by Gasteiger charge is -2.08. The van der Waals surface area contributed by atoms with E-state index >= 15 is 0 Å². The Kier molecular flexibility index (Phi) is 3.74. The van der Waals surface area contributed by atoms with Gasteiger partial charge in [0.2, 0.25) is 5.88 Å². The molecule has 0 saturated carbocycles. The highest BCUT2D eigenvalue weighted by Crippen LogP contribution is 2.23. The zero-order valence-electron chi connectivity index (χ0n) is 10.2. The third-order valence-corrected chi connectivity index (χ3v) is 2.37. The van der Waals surface area contributed by atoms with Crippen LogP contribution in [0.25, 0.3) is 0 Å². The molecule has 2 aromatic rings. The van der Waals surface area contributed by atoms with E-state index in [0.717, 1.165) is 5.56 Å². The van der Waals surface area contributed by atoms with Gasteiger partial charge in [-0.3, -0.25) is 0 Å². The Bertz CT molecular complexity index is 529. The Hall–Kier alpha value is -2.14. The van der Waals surface area contributed by atoms with E-state index in [4.69, 9.17) is 9.47 Å². The summed E-state index contributed by atoms with van der Waals surface area (Å²) < 4.78 is 10.5. The molecule has 0 bridgehead atoms. The van der Waals surface area contributed by atoms with Gasteiger partial charge in [0, 0.05) is 12.3 Å². The summed E-state index contributed by atoms with van der Waals surface area (Å²) in [5.41, 5.74) is 0.774. The second-order valence-electron chi connectivity index (χ2n) is 3.73. The van der Waals surface area contributed by atoms with E-state index in [-0.39, 0.29) is 6.01 Å². The molecular formula is C13H14N2O3. The molecule has 1 heterocycles. The van der Waals surface area contributed by atoms with Crippen molar-refractivity contribution < 1.29 is 14.6 Å². The quantitative estimate of drug-likeness (QED) is 0.896. The molecule has 0 aliphatic heterocycles. The summed E-state index contributed by atoms with van der Waals surface area (Å²) in [7, 11) is 1.53. The number of methoxy groups -OCH3 is 1. The van der Waals surface area contributed by atoms with Gasteiger partial charge < -0.3 is 14.6 Å². The zero-order valence-corrected chi connectivity index (χ0v) is 10.2. The van der Waals surface area contributed by atoms with Crippen LogP contribution in [0, 0.1) is 0 Å². The van der Waals surface area contributed by atoms with E-state index < -0.39 is 6.10 Å². The Morgan fingerprint density at radius 2 is 2.11 bits per heavy atom. The maximum absolute atomic E-state index is 9.49. The van der Waals surface area contributed by atoms with Crippen LogP contribution >= 0.6 is 0 Å². The summed E-state index contributed by atoms with van der Waals surface area (Å²) >= 11 is 0. The summed E-state index contributed by atoms with van der Waals surface area (Å²) in [6.07, 6.45) is 1.01. The third-order valence-electron chi connectivity index (χ3n) is 2.37. The molecular weight excluding hydrogens is 232 g/mol. The monoisotopic (exact) mass is 246 g/mol. The lowest BCUT2D eigenvalue weighted by atomic mass is 10.1. The normalized spacial score (nSPS) is 11.9. The van der Waals surface area contributed by atoms with Gasteiger partial charge in [-0.25, -0.2) is 4.98 Å². The van der Waals surface area contributed by atoms with Gasteiger partial charge in [0.25, 0.3) is 0 Å². The van der Waals surface area contributed by atoms with Crippen LogP contribution in [0.2, 0.25) is 0 Å². The van der Waals surface area contributed by atoms with Crippen LogP contribution in [0.15, 0.2) is 36.5 Å². The molecule has 94 valence electrons. The summed E-state index contributed by atoms with van der Waals surface area (Å²) in [5.74, 6) is 1.01. The van der Waals surface area contributed by atoms with Crippen LogP contribution in [0.1, 0.15) is 18.6 Å². The Labute approximate surface area is 105 Å². The second kappa shape index (κ2) is 5.46. The highest BCUT2D eigenvalue weighted by molar-refractivity contribution is 5.31. The molecule has 0 aliphatic carbocycles. The van der Waals surface area contributed by atoms with Gasteiger partial charge in [-0.2, -0.15) is 4.98 Å². The first kappa shape index (κ1) is 12.3. The van der Waals surface area contributed by atoms with Crippen molar-refractivity contribution in [2.75, 3.05) is 7.11 Å². The van der Waals surface area contributed by atoms with Crippen LogP contribution in [-0.4, -0.2) is 22.2 Å².